The first kappa shape index (κ1) is 23.1. The zero-order valence-electron chi connectivity index (χ0n) is 19.9. The molecule has 3 aromatic carbocycles. The van der Waals surface area contributed by atoms with Crippen LogP contribution in [0.2, 0.25) is 0 Å². The van der Waals surface area contributed by atoms with Gasteiger partial charge in [-0.2, -0.15) is 0 Å². The van der Waals surface area contributed by atoms with Crippen LogP contribution >= 0.6 is 0 Å². The van der Waals surface area contributed by atoms with Gasteiger partial charge >= 0.3 is 5.69 Å². The highest BCUT2D eigenvalue weighted by atomic mass is 16.5. The van der Waals surface area contributed by atoms with Gasteiger partial charge in [-0.1, -0.05) is 42.5 Å². The molecule has 5 aromatic rings. The van der Waals surface area contributed by atoms with E-state index >= 15 is 0 Å². The summed E-state index contributed by atoms with van der Waals surface area (Å²) in [5.74, 6) is 0.767. The Morgan fingerprint density at radius 2 is 1.61 bits per heavy atom. The highest BCUT2D eigenvalue weighted by Gasteiger charge is 2.20. The topological polar surface area (TPSA) is 96.8 Å². The zero-order valence-corrected chi connectivity index (χ0v) is 19.9. The van der Waals surface area contributed by atoms with Gasteiger partial charge in [-0.3, -0.25) is 14.2 Å². The van der Waals surface area contributed by atoms with Crippen LogP contribution in [0.15, 0.2) is 82.4 Å². The van der Waals surface area contributed by atoms with Crippen molar-refractivity contribution in [1.29, 1.82) is 0 Å². The van der Waals surface area contributed by atoms with Crippen LogP contribution in [0.4, 0.5) is 0 Å². The molecule has 2 heterocycles. The summed E-state index contributed by atoms with van der Waals surface area (Å²) in [4.78, 5) is 39.8. The van der Waals surface area contributed by atoms with E-state index in [9.17, 15) is 14.4 Å². The second kappa shape index (κ2) is 9.53. The number of aromatic nitrogens is 4. The fraction of sp³-hybridized carbons (Fsp3) is 0.185. The maximum absolute atomic E-state index is 13.4. The smallest absolute Gasteiger partial charge is 0.352 e. The molecule has 36 heavy (non-hydrogen) atoms. The third kappa shape index (κ3) is 4.04. The third-order valence-electron chi connectivity index (χ3n) is 6.15. The van der Waals surface area contributed by atoms with Gasteiger partial charge in [0.25, 0.3) is 5.56 Å². The van der Waals surface area contributed by atoms with Crippen molar-refractivity contribution >= 4 is 22.5 Å². The molecule has 0 saturated heterocycles. The van der Waals surface area contributed by atoms with Gasteiger partial charge in [-0.05, 0) is 42.3 Å². The predicted octanol–water partition coefficient (Wildman–Crippen LogP) is 2.95. The molecular formula is C27H24N4O5. The Morgan fingerprint density at radius 3 is 2.36 bits per heavy atom. The predicted molar refractivity (Wildman–Crippen MR) is 135 cm³/mol. The first-order chi connectivity index (χ1) is 17.5. The van der Waals surface area contributed by atoms with Crippen LogP contribution in [0.1, 0.15) is 15.9 Å². The summed E-state index contributed by atoms with van der Waals surface area (Å²) in [7, 11) is 3.00. The molecule has 0 spiro atoms. The molecule has 0 atom stereocenters. The number of hydrogen-bond acceptors (Lipinski definition) is 6. The van der Waals surface area contributed by atoms with Gasteiger partial charge in [0.2, 0.25) is 5.78 Å². The van der Waals surface area contributed by atoms with Crippen molar-refractivity contribution < 1.29 is 14.3 Å². The van der Waals surface area contributed by atoms with Gasteiger partial charge in [-0.25, -0.2) is 13.9 Å². The highest BCUT2D eigenvalue weighted by molar-refractivity contribution is 5.96. The molecule has 0 radical (unpaired) electrons. The number of hydrogen-bond donors (Lipinski definition) is 0. The van der Waals surface area contributed by atoms with E-state index in [1.165, 1.54) is 23.2 Å². The van der Waals surface area contributed by atoms with Crippen LogP contribution in [-0.4, -0.2) is 38.8 Å². The van der Waals surface area contributed by atoms with E-state index in [0.29, 0.717) is 40.9 Å². The molecule has 2 aromatic heterocycles. The lowest BCUT2D eigenvalue weighted by molar-refractivity contribution is 0.0966. The van der Waals surface area contributed by atoms with E-state index in [4.69, 9.17) is 9.47 Å². The number of fused-ring (bicyclic) bond motifs is 3. The molecule has 0 amide bonds. The molecule has 0 bridgehead atoms. The van der Waals surface area contributed by atoms with Crippen LogP contribution in [0.3, 0.4) is 0 Å². The van der Waals surface area contributed by atoms with Gasteiger partial charge in [-0.15, -0.1) is 5.10 Å². The molecule has 0 saturated carbocycles. The summed E-state index contributed by atoms with van der Waals surface area (Å²) in [5, 5.41) is 4.84. The van der Waals surface area contributed by atoms with Crippen molar-refractivity contribution in [3.8, 4) is 11.5 Å². The number of rotatable bonds is 8. The van der Waals surface area contributed by atoms with E-state index < -0.39 is 5.69 Å². The lowest BCUT2D eigenvalue weighted by Crippen LogP contribution is -2.28. The molecular weight excluding hydrogens is 460 g/mol. The molecule has 0 aliphatic heterocycles. The number of ketones is 1. The van der Waals surface area contributed by atoms with Crippen molar-refractivity contribution in [3.05, 3.63) is 105 Å². The normalized spacial score (nSPS) is 11.2. The van der Waals surface area contributed by atoms with E-state index in [-0.39, 0.29) is 23.7 Å². The Bertz CT molecular complexity index is 1700. The second-order valence-electron chi connectivity index (χ2n) is 8.28. The van der Waals surface area contributed by atoms with Gasteiger partial charge in [0.05, 0.1) is 25.1 Å². The SMILES string of the molecule is COc1ccc(C(=O)Cn2nc3n(CCc4ccccc4)c(=O)c4ccccc4n3c2=O)cc1OC. The Morgan fingerprint density at radius 1 is 0.889 bits per heavy atom. The van der Waals surface area contributed by atoms with Crippen molar-refractivity contribution in [2.75, 3.05) is 14.2 Å². The maximum atomic E-state index is 13.4. The number of ether oxygens (including phenoxy) is 2. The average molecular weight is 485 g/mol. The Kier molecular flexibility index (Phi) is 6.12. The Labute approximate surface area is 205 Å². The first-order valence-corrected chi connectivity index (χ1v) is 11.4. The van der Waals surface area contributed by atoms with E-state index in [0.717, 1.165) is 10.2 Å². The van der Waals surface area contributed by atoms with Crippen LogP contribution in [-0.2, 0) is 19.5 Å². The number of methoxy groups -OCH3 is 2. The number of aryl methyl sites for hydroxylation is 2. The maximum Gasteiger partial charge on any atom is 0.352 e. The van der Waals surface area contributed by atoms with Gasteiger partial charge < -0.3 is 9.47 Å². The van der Waals surface area contributed by atoms with Crippen molar-refractivity contribution in [3.63, 3.8) is 0 Å². The molecule has 0 N–H and O–H groups in total. The molecule has 0 aliphatic rings. The second-order valence-corrected chi connectivity index (χ2v) is 8.28. The Balaban J connectivity index is 1.59. The quantitative estimate of drug-likeness (QED) is 0.314. The summed E-state index contributed by atoms with van der Waals surface area (Å²) in [6, 6.07) is 21.5. The van der Waals surface area contributed by atoms with Crippen molar-refractivity contribution in [2.24, 2.45) is 0 Å². The largest absolute Gasteiger partial charge is 0.493 e. The van der Waals surface area contributed by atoms with E-state index in [1.807, 2.05) is 30.3 Å². The summed E-state index contributed by atoms with van der Waals surface area (Å²) >= 11 is 0. The van der Waals surface area contributed by atoms with Gasteiger partial charge in [0, 0.05) is 12.1 Å². The molecule has 5 rings (SSSR count). The number of carbonyl (C=O) groups is 1. The third-order valence-corrected chi connectivity index (χ3v) is 6.15. The van der Waals surface area contributed by atoms with E-state index in [2.05, 4.69) is 5.10 Å². The van der Waals surface area contributed by atoms with Crippen LogP contribution in [0.25, 0.3) is 16.7 Å². The molecule has 182 valence electrons. The summed E-state index contributed by atoms with van der Waals surface area (Å²) < 4.78 is 14.5. The summed E-state index contributed by atoms with van der Waals surface area (Å²) in [6.45, 7) is 0.0362. The lowest BCUT2D eigenvalue weighted by Gasteiger charge is -2.09. The molecule has 0 unspecified atom stereocenters. The lowest BCUT2D eigenvalue weighted by atomic mass is 10.1. The fourth-order valence-electron chi connectivity index (χ4n) is 4.29. The highest BCUT2D eigenvalue weighted by Crippen LogP contribution is 2.27. The van der Waals surface area contributed by atoms with Gasteiger partial charge in [0.1, 0.15) is 6.54 Å². The van der Waals surface area contributed by atoms with Crippen LogP contribution in [0.5, 0.6) is 11.5 Å². The average Bonchev–Trinajstić information content (AvgIpc) is 3.24. The van der Waals surface area contributed by atoms with Crippen LogP contribution < -0.4 is 20.7 Å². The Hall–Kier alpha value is -4.66. The number of Topliss-reactive ketones (excluding diaryl/α,β-unsaturated/α-hetero) is 1. The molecule has 0 aliphatic carbocycles. The van der Waals surface area contributed by atoms with Crippen molar-refractivity contribution in [1.82, 2.24) is 18.7 Å². The number of nitrogens with zero attached hydrogens (tertiary/aromatic N) is 4. The zero-order chi connectivity index (χ0) is 25.2. The number of benzene rings is 3. The minimum Gasteiger partial charge on any atom is -0.493 e. The minimum atomic E-state index is -0.497. The number of carbonyl (C=O) groups excluding carboxylic acids is 1. The van der Waals surface area contributed by atoms with E-state index in [1.54, 1.807) is 42.5 Å². The molecule has 9 heteroatoms. The molecule has 0 fully saturated rings. The first-order valence-electron chi connectivity index (χ1n) is 11.4. The van der Waals surface area contributed by atoms with Gasteiger partial charge in [0.15, 0.2) is 17.3 Å². The molecule has 9 nitrogen and oxygen atoms in total. The number of para-hydroxylation sites is 1. The summed E-state index contributed by atoms with van der Waals surface area (Å²) in [6.07, 6.45) is 0.584. The van der Waals surface area contributed by atoms with Crippen LogP contribution in [0, 0.1) is 0 Å². The van der Waals surface area contributed by atoms with Crippen molar-refractivity contribution in [2.45, 2.75) is 19.5 Å². The minimum absolute atomic E-state index is 0.194. The summed E-state index contributed by atoms with van der Waals surface area (Å²) in [5.41, 5.74) is 1.12. The fourth-order valence-corrected chi connectivity index (χ4v) is 4.29. The standard InChI is InChI=1S/C27H24N4O5/c1-35-23-13-12-19(16-24(23)36-2)22(32)17-30-27(34)31-21-11-7-6-10-20(21)25(33)29(26(31)28-30)15-14-18-8-4-3-5-9-18/h3-13,16H,14-15,17H2,1-2H3. The monoisotopic (exact) mass is 484 g/mol.